The van der Waals surface area contributed by atoms with Gasteiger partial charge < -0.3 is 19.4 Å². The Morgan fingerprint density at radius 1 is 1.29 bits per heavy atom. The topological polar surface area (TPSA) is 61.2 Å². The SMILES string of the molecule is CNC(CSc1nncn1C)c1ccc(OC)c(OC)c1. The zero-order valence-electron chi connectivity index (χ0n) is 12.7. The number of methoxy groups -OCH3 is 2. The van der Waals surface area contributed by atoms with Crippen LogP contribution in [0.2, 0.25) is 0 Å². The second-order valence-electron chi connectivity index (χ2n) is 4.49. The molecule has 6 nitrogen and oxygen atoms in total. The van der Waals surface area contributed by atoms with Gasteiger partial charge in [0.25, 0.3) is 0 Å². The van der Waals surface area contributed by atoms with Crippen molar-refractivity contribution in [2.45, 2.75) is 11.2 Å². The van der Waals surface area contributed by atoms with E-state index in [0.717, 1.165) is 28.0 Å². The fraction of sp³-hybridized carbons (Fsp3) is 0.429. The molecule has 0 radical (unpaired) electrons. The van der Waals surface area contributed by atoms with Gasteiger partial charge in [-0.15, -0.1) is 10.2 Å². The van der Waals surface area contributed by atoms with E-state index in [9.17, 15) is 0 Å². The Morgan fingerprint density at radius 2 is 2.05 bits per heavy atom. The number of hydrogen-bond acceptors (Lipinski definition) is 6. The highest BCUT2D eigenvalue weighted by Crippen LogP contribution is 2.31. The summed E-state index contributed by atoms with van der Waals surface area (Å²) in [5.41, 5.74) is 1.14. The lowest BCUT2D eigenvalue weighted by Gasteiger charge is -2.18. The van der Waals surface area contributed by atoms with Crippen LogP contribution < -0.4 is 14.8 Å². The summed E-state index contributed by atoms with van der Waals surface area (Å²) in [7, 11) is 7.16. The normalized spacial score (nSPS) is 12.2. The summed E-state index contributed by atoms with van der Waals surface area (Å²) >= 11 is 1.66. The third kappa shape index (κ3) is 3.68. The van der Waals surface area contributed by atoms with Gasteiger partial charge in [0.2, 0.25) is 0 Å². The maximum Gasteiger partial charge on any atom is 0.190 e. The lowest BCUT2D eigenvalue weighted by molar-refractivity contribution is 0.354. The number of nitrogens with zero attached hydrogens (tertiary/aromatic N) is 3. The molecule has 1 unspecified atom stereocenters. The second-order valence-corrected chi connectivity index (χ2v) is 5.48. The van der Waals surface area contributed by atoms with Crippen molar-refractivity contribution < 1.29 is 9.47 Å². The van der Waals surface area contributed by atoms with E-state index in [1.807, 2.05) is 36.9 Å². The maximum atomic E-state index is 5.36. The first-order chi connectivity index (χ1) is 10.2. The molecular weight excluding hydrogens is 288 g/mol. The summed E-state index contributed by atoms with van der Waals surface area (Å²) in [6.07, 6.45) is 1.70. The van der Waals surface area contributed by atoms with Crippen LogP contribution >= 0.6 is 11.8 Å². The van der Waals surface area contributed by atoms with E-state index < -0.39 is 0 Å². The molecule has 1 heterocycles. The van der Waals surface area contributed by atoms with E-state index in [4.69, 9.17) is 9.47 Å². The first-order valence-corrected chi connectivity index (χ1v) is 7.54. The van der Waals surface area contributed by atoms with Crippen molar-refractivity contribution in [3.05, 3.63) is 30.1 Å². The highest BCUT2D eigenvalue weighted by molar-refractivity contribution is 7.99. The Morgan fingerprint density at radius 3 is 2.62 bits per heavy atom. The molecule has 114 valence electrons. The van der Waals surface area contributed by atoms with E-state index in [-0.39, 0.29) is 6.04 Å². The molecule has 0 aliphatic carbocycles. The molecule has 7 heteroatoms. The average Bonchev–Trinajstić information content (AvgIpc) is 2.93. The van der Waals surface area contributed by atoms with E-state index in [2.05, 4.69) is 15.5 Å². The van der Waals surface area contributed by atoms with Crippen molar-refractivity contribution in [3.8, 4) is 11.5 Å². The maximum absolute atomic E-state index is 5.36. The monoisotopic (exact) mass is 308 g/mol. The van der Waals surface area contributed by atoms with Crippen molar-refractivity contribution >= 4 is 11.8 Å². The minimum absolute atomic E-state index is 0.187. The predicted octanol–water partition coefficient (Wildman–Crippen LogP) is 1.89. The second kappa shape index (κ2) is 7.33. The molecule has 0 aliphatic heterocycles. The average molecular weight is 308 g/mol. The van der Waals surface area contributed by atoms with Crippen LogP contribution in [0.3, 0.4) is 0 Å². The van der Waals surface area contributed by atoms with Crippen molar-refractivity contribution in [2.24, 2.45) is 7.05 Å². The largest absolute Gasteiger partial charge is 0.493 e. The molecule has 1 N–H and O–H groups in total. The molecular formula is C14H20N4O2S. The fourth-order valence-electron chi connectivity index (χ4n) is 1.98. The van der Waals surface area contributed by atoms with Crippen LogP contribution in [0.5, 0.6) is 11.5 Å². The van der Waals surface area contributed by atoms with E-state index in [0.29, 0.717) is 0 Å². The van der Waals surface area contributed by atoms with Gasteiger partial charge in [-0.2, -0.15) is 0 Å². The van der Waals surface area contributed by atoms with Crippen LogP contribution in [-0.2, 0) is 7.05 Å². The molecule has 21 heavy (non-hydrogen) atoms. The van der Waals surface area contributed by atoms with Crippen LogP contribution in [0.4, 0.5) is 0 Å². The first-order valence-electron chi connectivity index (χ1n) is 6.55. The van der Waals surface area contributed by atoms with Gasteiger partial charge in [0, 0.05) is 18.8 Å². The van der Waals surface area contributed by atoms with Gasteiger partial charge in [-0.1, -0.05) is 17.8 Å². The summed E-state index contributed by atoms with van der Waals surface area (Å²) in [5.74, 6) is 2.31. The van der Waals surface area contributed by atoms with Crippen LogP contribution in [0.1, 0.15) is 11.6 Å². The van der Waals surface area contributed by atoms with Crippen molar-refractivity contribution in [1.29, 1.82) is 0 Å². The van der Waals surface area contributed by atoms with E-state index in [1.165, 1.54) is 0 Å². The van der Waals surface area contributed by atoms with Crippen molar-refractivity contribution in [3.63, 3.8) is 0 Å². The minimum atomic E-state index is 0.187. The summed E-state index contributed by atoms with van der Waals surface area (Å²) in [6, 6.07) is 6.15. The minimum Gasteiger partial charge on any atom is -0.493 e. The zero-order valence-corrected chi connectivity index (χ0v) is 13.5. The molecule has 0 bridgehead atoms. The van der Waals surface area contributed by atoms with Crippen LogP contribution in [-0.4, -0.2) is 41.8 Å². The number of rotatable bonds is 7. The van der Waals surface area contributed by atoms with Gasteiger partial charge in [0.15, 0.2) is 16.7 Å². The number of benzene rings is 1. The third-order valence-corrected chi connectivity index (χ3v) is 4.34. The van der Waals surface area contributed by atoms with Gasteiger partial charge >= 0.3 is 0 Å². The van der Waals surface area contributed by atoms with Gasteiger partial charge in [0.05, 0.1) is 14.2 Å². The molecule has 1 aromatic carbocycles. The van der Waals surface area contributed by atoms with Crippen LogP contribution in [0.25, 0.3) is 0 Å². The van der Waals surface area contributed by atoms with Crippen molar-refractivity contribution in [1.82, 2.24) is 20.1 Å². The van der Waals surface area contributed by atoms with Gasteiger partial charge in [0.1, 0.15) is 6.33 Å². The van der Waals surface area contributed by atoms with E-state index in [1.54, 1.807) is 32.3 Å². The Bertz CT molecular complexity index is 588. The molecule has 0 fully saturated rings. The number of thioether (sulfide) groups is 1. The summed E-state index contributed by atoms with van der Waals surface area (Å²) in [6.45, 7) is 0. The Hall–Kier alpha value is -1.73. The number of hydrogen-bond donors (Lipinski definition) is 1. The molecule has 2 aromatic rings. The molecule has 0 saturated heterocycles. The van der Waals surface area contributed by atoms with Crippen molar-refractivity contribution in [2.75, 3.05) is 27.0 Å². The molecule has 0 spiro atoms. The van der Waals surface area contributed by atoms with Gasteiger partial charge in [-0.3, -0.25) is 0 Å². The summed E-state index contributed by atoms with van der Waals surface area (Å²) < 4.78 is 12.5. The number of aromatic nitrogens is 3. The van der Waals surface area contributed by atoms with Gasteiger partial charge in [-0.05, 0) is 24.7 Å². The number of nitrogens with one attached hydrogen (secondary N) is 1. The van der Waals surface area contributed by atoms with Crippen LogP contribution in [0.15, 0.2) is 29.7 Å². The van der Waals surface area contributed by atoms with Gasteiger partial charge in [-0.25, -0.2) is 0 Å². The highest BCUT2D eigenvalue weighted by atomic mass is 32.2. The molecule has 2 rings (SSSR count). The third-order valence-electron chi connectivity index (χ3n) is 3.21. The quantitative estimate of drug-likeness (QED) is 0.788. The molecule has 0 saturated carbocycles. The number of ether oxygens (including phenoxy) is 2. The summed E-state index contributed by atoms with van der Waals surface area (Å²) in [4.78, 5) is 0. The molecule has 1 aromatic heterocycles. The molecule has 0 aliphatic rings. The first kappa shape index (κ1) is 15.7. The smallest absolute Gasteiger partial charge is 0.190 e. The fourth-order valence-corrected chi connectivity index (χ4v) is 3.01. The number of aryl methyl sites for hydroxylation is 1. The lowest BCUT2D eigenvalue weighted by atomic mass is 10.1. The Labute approximate surface area is 128 Å². The zero-order chi connectivity index (χ0) is 15.2. The molecule has 0 amide bonds. The van der Waals surface area contributed by atoms with E-state index >= 15 is 0 Å². The highest BCUT2D eigenvalue weighted by Gasteiger charge is 2.14. The lowest BCUT2D eigenvalue weighted by Crippen LogP contribution is -2.19. The summed E-state index contributed by atoms with van der Waals surface area (Å²) in [5, 5.41) is 12.2. The van der Waals surface area contributed by atoms with Crippen LogP contribution in [0, 0.1) is 0 Å². The predicted molar refractivity (Wildman–Crippen MR) is 83.1 cm³/mol. The Kier molecular flexibility index (Phi) is 5.46. The standard InChI is InChI=1S/C14H20N4O2S/c1-15-11(8-21-14-17-16-9-18(14)2)10-5-6-12(19-3)13(7-10)20-4/h5-7,9,11,15H,8H2,1-4H3. The Balaban J connectivity index is 2.12. The molecule has 1 atom stereocenters.